The van der Waals surface area contributed by atoms with E-state index in [-0.39, 0.29) is 12.0 Å². The monoisotopic (exact) mass is 249 g/mol. The zero-order valence-electron chi connectivity index (χ0n) is 9.52. The summed E-state index contributed by atoms with van der Waals surface area (Å²) >= 11 is 0. The van der Waals surface area contributed by atoms with E-state index in [1.807, 2.05) is 6.92 Å². The van der Waals surface area contributed by atoms with Gasteiger partial charge in [0, 0.05) is 0 Å². The quantitative estimate of drug-likeness (QED) is 0.764. The summed E-state index contributed by atoms with van der Waals surface area (Å²) in [5.41, 5.74) is -0.0288. The van der Waals surface area contributed by atoms with Crippen molar-refractivity contribution in [3.05, 3.63) is 35.4 Å². The molecular weight excluding hydrogens is 234 g/mol. The second-order valence-corrected chi connectivity index (χ2v) is 3.81. The van der Waals surface area contributed by atoms with Gasteiger partial charge in [-0.05, 0) is 31.0 Å². The van der Waals surface area contributed by atoms with Crippen LogP contribution in [0.3, 0.4) is 0 Å². The molecule has 0 saturated heterocycles. The zero-order chi connectivity index (χ0) is 12.8. The Balaban J connectivity index is 2.75. The Labute approximate surface area is 97.8 Å². The molecule has 1 unspecified atom stereocenters. The highest BCUT2D eigenvalue weighted by molar-refractivity contribution is 5.20. The highest BCUT2D eigenvalue weighted by atomic mass is 19.3. The lowest BCUT2D eigenvalue weighted by atomic mass is 10.1. The number of hydrogen-bond acceptors (Lipinski definition) is 1. The average Bonchev–Trinajstić information content (AvgIpc) is 2.29. The lowest BCUT2D eigenvalue weighted by Gasteiger charge is -2.17. The average molecular weight is 249 g/mol. The summed E-state index contributed by atoms with van der Waals surface area (Å²) in [6.07, 6.45) is -2.12. The van der Waals surface area contributed by atoms with Crippen LogP contribution >= 0.6 is 0 Å². The lowest BCUT2D eigenvalue weighted by Crippen LogP contribution is -2.38. The van der Waals surface area contributed by atoms with Crippen LogP contribution in [0.4, 0.5) is 17.6 Å². The first kappa shape index (κ1) is 14.0. The minimum absolute atomic E-state index is 0.0288. The molecule has 0 aliphatic carbocycles. The summed E-state index contributed by atoms with van der Waals surface area (Å²) < 4.78 is 51.5. The van der Waals surface area contributed by atoms with E-state index >= 15 is 0 Å². The van der Waals surface area contributed by atoms with Gasteiger partial charge in [0.15, 0.2) is 11.6 Å². The molecule has 5 heteroatoms. The molecule has 96 valence electrons. The Kier molecular flexibility index (Phi) is 5.41. The number of halogens is 4. The molecule has 1 atom stereocenters. The Morgan fingerprint density at radius 1 is 1.24 bits per heavy atom. The van der Waals surface area contributed by atoms with E-state index in [4.69, 9.17) is 0 Å². The molecule has 17 heavy (non-hydrogen) atoms. The van der Waals surface area contributed by atoms with Gasteiger partial charge in [-0.2, -0.15) is 0 Å². The predicted molar refractivity (Wildman–Crippen MR) is 58.1 cm³/mol. The van der Waals surface area contributed by atoms with E-state index in [1.165, 1.54) is 12.1 Å². The van der Waals surface area contributed by atoms with Crippen LogP contribution < -0.4 is 5.32 Å². The molecule has 0 aromatic heterocycles. The second kappa shape index (κ2) is 6.59. The Morgan fingerprint density at radius 2 is 1.94 bits per heavy atom. The van der Waals surface area contributed by atoms with E-state index in [9.17, 15) is 17.6 Å². The summed E-state index contributed by atoms with van der Waals surface area (Å²) in [4.78, 5) is 0. The van der Waals surface area contributed by atoms with Gasteiger partial charge in [-0.1, -0.05) is 19.1 Å². The van der Waals surface area contributed by atoms with E-state index in [1.54, 1.807) is 0 Å². The van der Waals surface area contributed by atoms with Crippen molar-refractivity contribution in [1.29, 1.82) is 0 Å². The first-order chi connectivity index (χ1) is 8.06. The maximum absolute atomic E-state index is 13.3. The molecule has 0 bridgehead atoms. The lowest BCUT2D eigenvalue weighted by molar-refractivity contribution is 0.0978. The van der Waals surface area contributed by atoms with E-state index < -0.39 is 24.1 Å². The summed E-state index contributed by atoms with van der Waals surface area (Å²) in [5.74, 6) is -2.05. The molecule has 1 N–H and O–H groups in total. The smallest absolute Gasteiger partial charge is 0.254 e. The molecule has 0 fully saturated rings. The maximum atomic E-state index is 13.3. The van der Waals surface area contributed by atoms with Crippen molar-refractivity contribution in [1.82, 2.24) is 5.32 Å². The SMILES string of the molecule is CCCNC(Cc1cccc(F)c1F)C(F)F. The number of rotatable bonds is 6. The first-order valence-corrected chi connectivity index (χ1v) is 5.50. The molecule has 0 amide bonds. The standard InChI is InChI=1S/C12H15F4N/c1-2-6-17-10(12(15)16)7-8-4-3-5-9(13)11(8)14/h3-5,10,12,17H,2,6-7H2,1H3. The van der Waals surface area contributed by atoms with Crippen molar-refractivity contribution in [3.8, 4) is 0 Å². The van der Waals surface area contributed by atoms with Crippen molar-refractivity contribution in [2.45, 2.75) is 32.2 Å². The van der Waals surface area contributed by atoms with E-state index in [0.717, 1.165) is 6.07 Å². The fourth-order valence-corrected chi connectivity index (χ4v) is 1.52. The third kappa shape index (κ3) is 4.00. The molecule has 0 radical (unpaired) electrons. The molecule has 0 saturated carbocycles. The molecule has 0 spiro atoms. The van der Waals surface area contributed by atoms with Crippen molar-refractivity contribution in [3.63, 3.8) is 0 Å². The molecule has 1 aromatic carbocycles. The molecule has 1 nitrogen and oxygen atoms in total. The predicted octanol–water partition coefficient (Wildman–Crippen LogP) is 3.14. The van der Waals surface area contributed by atoms with Crippen molar-refractivity contribution in [2.24, 2.45) is 0 Å². The van der Waals surface area contributed by atoms with Crippen LogP contribution in [-0.4, -0.2) is 19.0 Å². The van der Waals surface area contributed by atoms with Gasteiger partial charge in [0.25, 0.3) is 6.43 Å². The fourth-order valence-electron chi connectivity index (χ4n) is 1.52. The number of hydrogen-bond donors (Lipinski definition) is 1. The first-order valence-electron chi connectivity index (χ1n) is 5.50. The second-order valence-electron chi connectivity index (χ2n) is 3.81. The van der Waals surface area contributed by atoms with Crippen LogP contribution in [0.25, 0.3) is 0 Å². The van der Waals surface area contributed by atoms with Crippen LogP contribution in [0.2, 0.25) is 0 Å². The minimum Gasteiger partial charge on any atom is -0.309 e. The molecule has 0 aliphatic rings. The van der Waals surface area contributed by atoms with Crippen LogP contribution in [0.5, 0.6) is 0 Å². The zero-order valence-corrected chi connectivity index (χ0v) is 9.52. The topological polar surface area (TPSA) is 12.0 Å². The van der Waals surface area contributed by atoms with E-state index in [2.05, 4.69) is 5.32 Å². The summed E-state index contributed by atoms with van der Waals surface area (Å²) in [6, 6.07) is 2.46. The Bertz CT molecular complexity index is 354. The van der Waals surface area contributed by atoms with Crippen molar-refractivity contribution < 1.29 is 17.6 Å². The van der Waals surface area contributed by atoms with Gasteiger partial charge in [0.05, 0.1) is 6.04 Å². The van der Waals surface area contributed by atoms with Gasteiger partial charge in [-0.3, -0.25) is 0 Å². The molecule has 1 rings (SSSR count). The van der Waals surface area contributed by atoms with Gasteiger partial charge in [-0.15, -0.1) is 0 Å². The normalized spacial score (nSPS) is 13.1. The summed E-state index contributed by atoms with van der Waals surface area (Å²) in [7, 11) is 0. The van der Waals surface area contributed by atoms with E-state index in [0.29, 0.717) is 13.0 Å². The highest BCUT2D eigenvalue weighted by Gasteiger charge is 2.21. The maximum Gasteiger partial charge on any atom is 0.254 e. The van der Waals surface area contributed by atoms with Crippen molar-refractivity contribution >= 4 is 0 Å². The Morgan fingerprint density at radius 3 is 2.53 bits per heavy atom. The molecule has 1 aromatic rings. The van der Waals surface area contributed by atoms with Gasteiger partial charge < -0.3 is 5.32 Å². The van der Waals surface area contributed by atoms with Crippen LogP contribution in [-0.2, 0) is 6.42 Å². The van der Waals surface area contributed by atoms with Gasteiger partial charge >= 0.3 is 0 Å². The fraction of sp³-hybridized carbons (Fsp3) is 0.500. The van der Waals surface area contributed by atoms with Crippen LogP contribution in [0, 0.1) is 11.6 Å². The summed E-state index contributed by atoms with van der Waals surface area (Å²) in [5, 5.41) is 2.62. The Hall–Kier alpha value is -1.10. The van der Waals surface area contributed by atoms with Gasteiger partial charge in [-0.25, -0.2) is 17.6 Å². The van der Waals surface area contributed by atoms with Crippen LogP contribution in [0.1, 0.15) is 18.9 Å². The third-order valence-corrected chi connectivity index (χ3v) is 2.43. The molecule has 0 aliphatic heterocycles. The van der Waals surface area contributed by atoms with Gasteiger partial charge in [0.1, 0.15) is 0 Å². The minimum atomic E-state index is -2.61. The summed E-state index contributed by atoms with van der Waals surface area (Å²) in [6.45, 7) is 2.27. The number of alkyl halides is 2. The third-order valence-electron chi connectivity index (χ3n) is 2.43. The highest BCUT2D eigenvalue weighted by Crippen LogP contribution is 2.15. The number of benzene rings is 1. The molecular formula is C12H15F4N. The van der Waals surface area contributed by atoms with Crippen molar-refractivity contribution in [2.75, 3.05) is 6.54 Å². The van der Waals surface area contributed by atoms with Gasteiger partial charge in [0.2, 0.25) is 0 Å². The van der Waals surface area contributed by atoms with Crippen LogP contribution in [0.15, 0.2) is 18.2 Å². The largest absolute Gasteiger partial charge is 0.309 e. The number of nitrogens with one attached hydrogen (secondary N) is 1. The molecule has 0 heterocycles.